The Morgan fingerprint density at radius 3 is 2.69 bits per heavy atom. The van der Waals surface area contributed by atoms with Gasteiger partial charge in [0.1, 0.15) is 5.69 Å². The number of hydrogen-bond acceptors (Lipinski definition) is 4. The largest absolute Gasteiger partial charge is 0.456 e. The Hall–Kier alpha value is -1.17. The van der Waals surface area contributed by atoms with Crippen molar-refractivity contribution in [1.29, 1.82) is 0 Å². The van der Waals surface area contributed by atoms with Gasteiger partial charge in [-0.25, -0.2) is 0 Å². The Bertz CT molecular complexity index is 302. The molecule has 0 spiro atoms. The van der Waals surface area contributed by atoms with Gasteiger partial charge in [-0.2, -0.15) is 0 Å². The molecule has 13 heavy (non-hydrogen) atoms. The van der Waals surface area contributed by atoms with Crippen LogP contribution in [0.5, 0.6) is 0 Å². The second-order valence-electron chi connectivity index (χ2n) is 3.76. The van der Waals surface area contributed by atoms with Crippen molar-refractivity contribution in [1.82, 2.24) is 15.0 Å². The van der Waals surface area contributed by atoms with E-state index in [1.165, 1.54) is 0 Å². The Labute approximate surface area is 78.5 Å². The lowest BCUT2D eigenvalue weighted by atomic mass is 10.5. The van der Waals surface area contributed by atoms with E-state index in [0.29, 0.717) is 5.69 Å². The smallest absolute Gasteiger partial charge is 0.278 e. The molecule has 0 amide bonds. The van der Waals surface area contributed by atoms with E-state index in [1.54, 1.807) is 17.1 Å². The molecule has 0 bridgehead atoms. The van der Waals surface area contributed by atoms with Gasteiger partial charge in [-0.15, -0.1) is 10.3 Å². The molecule has 1 aromatic heterocycles. The lowest BCUT2D eigenvalue weighted by Crippen LogP contribution is -2.22. The third kappa shape index (κ3) is 3.84. The Kier molecular flexibility index (Phi) is 2.82. The summed E-state index contributed by atoms with van der Waals surface area (Å²) in [6, 6.07) is 0. The first-order valence-electron chi connectivity index (χ1n) is 4.05. The van der Waals surface area contributed by atoms with Crippen molar-refractivity contribution in [2.24, 2.45) is 12.2 Å². The summed E-state index contributed by atoms with van der Waals surface area (Å²) >= 11 is 0. The van der Waals surface area contributed by atoms with E-state index < -0.39 is 8.32 Å². The summed E-state index contributed by atoms with van der Waals surface area (Å²) in [5, 5.41) is 11.4. The molecule has 0 unspecified atom stereocenters. The number of hydrogen-bond donors (Lipinski definition) is 0. The minimum absolute atomic E-state index is 0.709. The number of aryl methyl sites for hydroxylation is 1. The van der Waals surface area contributed by atoms with Gasteiger partial charge in [0.15, 0.2) is 0 Å². The Morgan fingerprint density at radius 1 is 1.54 bits per heavy atom. The second kappa shape index (κ2) is 3.69. The Morgan fingerprint density at radius 2 is 2.23 bits per heavy atom. The maximum Gasteiger partial charge on any atom is 0.278 e. The van der Waals surface area contributed by atoms with E-state index in [-0.39, 0.29) is 0 Å². The third-order valence-electron chi connectivity index (χ3n) is 1.13. The summed E-state index contributed by atoms with van der Waals surface area (Å²) in [5.74, 6) is 0. The van der Waals surface area contributed by atoms with Gasteiger partial charge in [-0.3, -0.25) is 4.68 Å². The van der Waals surface area contributed by atoms with Gasteiger partial charge in [0.05, 0.1) is 12.4 Å². The van der Waals surface area contributed by atoms with Gasteiger partial charge in [0.25, 0.3) is 8.32 Å². The monoisotopic (exact) mass is 198 g/mol. The van der Waals surface area contributed by atoms with Gasteiger partial charge in [-0.1, -0.05) is 5.21 Å². The molecule has 0 radical (unpaired) electrons. The molecule has 0 fully saturated rings. The molecule has 0 N–H and O–H groups in total. The first-order chi connectivity index (χ1) is 5.97. The maximum atomic E-state index is 5.27. The fourth-order valence-corrected chi connectivity index (χ4v) is 1.03. The van der Waals surface area contributed by atoms with Crippen LogP contribution in [0, 0.1) is 0 Å². The van der Waals surface area contributed by atoms with E-state index in [2.05, 4.69) is 35.1 Å². The molecule has 1 aromatic rings. The van der Waals surface area contributed by atoms with E-state index in [0.717, 1.165) is 0 Å². The van der Waals surface area contributed by atoms with E-state index >= 15 is 0 Å². The first kappa shape index (κ1) is 9.91. The summed E-state index contributed by atoms with van der Waals surface area (Å²) in [6.45, 7) is 6.21. The van der Waals surface area contributed by atoms with Crippen LogP contribution in [-0.2, 0) is 11.6 Å². The van der Waals surface area contributed by atoms with Crippen molar-refractivity contribution < 1.29 is 4.53 Å². The van der Waals surface area contributed by atoms with Crippen molar-refractivity contribution in [2.75, 3.05) is 0 Å². The molecular formula is C7H14N4OSi. The molecule has 0 aliphatic rings. The van der Waals surface area contributed by atoms with Crippen LogP contribution in [0.25, 0.3) is 0 Å². The number of rotatable bonds is 3. The molecule has 6 heteroatoms. The number of oxime groups is 1. The van der Waals surface area contributed by atoms with Crippen LogP contribution in [-0.4, -0.2) is 29.5 Å². The summed E-state index contributed by atoms with van der Waals surface area (Å²) in [4.78, 5) is 0. The molecular weight excluding hydrogens is 184 g/mol. The third-order valence-corrected chi connectivity index (χ3v) is 1.79. The predicted molar refractivity (Wildman–Crippen MR) is 53.0 cm³/mol. The zero-order chi connectivity index (χ0) is 9.90. The molecule has 0 saturated heterocycles. The second-order valence-corrected chi connectivity index (χ2v) is 8.16. The van der Waals surface area contributed by atoms with Gasteiger partial charge >= 0.3 is 0 Å². The number of nitrogens with zero attached hydrogens (tertiary/aromatic N) is 4. The van der Waals surface area contributed by atoms with Crippen molar-refractivity contribution in [2.45, 2.75) is 19.6 Å². The van der Waals surface area contributed by atoms with Crippen LogP contribution >= 0.6 is 0 Å². The molecule has 0 atom stereocenters. The van der Waals surface area contributed by atoms with Gasteiger partial charge < -0.3 is 4.53 Å². The average molecular weight is 198 g/mol. The van der Waals surface area contributed by atoms with E-state index in [4.69, 9.17) is 4.53 Å². The lowest BCUT2D eigenvalue weighted by molar-refractivity contribution is 0.338. The van der Waals surface area contributed by atoms with Gasteiger partial charge in [-0.05, 0) is 19.6 Å². The highest BCUT2D eigenvalue weighted by atomic mass is 28.4. The van der Waals surface area contributed by atoms with Crippen molar-refractivity contribution in [3.63, 3.8) is 0 Å². The van der Waals surface area contributed by atoms with Crippen LogP contribution in [0.15, 0.2) is 11.4 Å². The Balaban J connectivity index is 2.50. The topological polar surface area (TPSA) is 52.3 Å². The summed E-state index contributed by atoms with van der Waals surface area (Å²) in [7, 11) is 0.252. The predicted octanol–water partition coefficient (Wildman–Crippen LogP) is 1.00. The highest BCUT2D eigenvalue weighted by Gasteiger charge is 2.15. The summed E-state index contributed by atoms with van der Waals surface area (Å²) < 4.78 is 6.89. The van der Waals surface area contributed by atoms with E-state index in [9.17, 15) is 0 Å². The van der Waals surface area contributed by atoms with Gasteiger partial charge in [0.2, 0.25) is 0 Å². The van der Waals surface area contributed by atoms with Crippen LogP contribution in [0.4, 0.5) is 0 Å². The van der Waals surface area contributed by atoms with E-state index in [1.807, 2.05) is 7.05 Å². The highest BCUT2D eigenvalue weighted by Crippen LogP contribution is 2.02. The van der Waals surface area contributed by atoms with Crippen LogP contribution in [0.1, 0.15) is 5.69 Å². The fraction of sp³-hybridized carbons (Fsp3) is 0.571. The lowest BCUT2D eigenvalue weighted by Gasteiger charge is -2.11. The molecule has 1 rings (SSSR count). The molecule has 0 aromatic carbocycles. The summed E-state index contributed by atoms with van der Waals surface area (Å²) in [5.41, 5.74) is 0.709. The van der Waals surface area contributed by atoms with Crippen LogP contribution in [0.3, 0.4) is 0 Å². The normalized spacial score (nSPS) is 12.3. The molecule has 5 nitrogen and oxygen atoms in total. The molecule has 0 saturated carbocycles. The van der Waals surface area contributed by atoms with Crippen molar-refractivity contribution >= 4 is 14.5 Å². The number of aromatic nitrogens is 3. The molecule has 72 valence electrons. The minimum Gasteiger partial charge on any atom is -0.456 e. The van der Waals surface area contributed by atoms with Gasteiger partial charge in [0, 0.05) is 7.05 Å². The fourth-order valence-electron chi connectivity index (χ4n) is 0.663. The highest BCUT2D eigenvalue weighted by molar-refractivity contribution is 6.69. The van der Waals surface area contributed by atoms with Crippen molar-refractivity contribution in [3.8, 4) is 0 Å². The average Bonchev–Trinajstić information content (AvgIpc) is 2.33. The molecule has 1 heterocycles. The summed E-state index contributed by atoms with van der Waals surface area (Å²) in [6.07, 6.45) is 3.35. The maximum absolute atomic E-state index is 5.27. The SMILES string of the molecule is Cn1cc(C=NO[Si](C)(C)C)nn1. The zero-order valence-electron chi connectivity index (χ0n) is 8.35. The van der Waals surface area contributed by atoms with Crippen molar-refractivity contribution in [3.05, 3.63) is 11.9 Å². The first-order valence-corrected chi connectivity index (χ1v) is 7.46. The molecule has 0 aliphatic heterocycles. The minimum atomic E-state index is -1.56. The zero-order valence-corrected chi connectivity index (χ0v) is 9.35. The van der Waals surface area contributed by atoms with Crippen LogP contribution < -0.4 is 0 Å². The molecule has 0 aliphatic carbocycles. The standard InChI is InChI=1S/C7H14N4OSi/c1-11-6-7(9-10-11)5-8-12-13(2,3)4/h5-6H,1-4H3. The van der Waals surface area contributed by atoms with Crippen LogP contribution in [0.2, 0.25) is 19.6 Å². The quantitative estimate of drug-likeness (QED) is 0.413.